The molecule has 0 saturated carbocycles. The van der Waals surface area contributed by atoms with E-state index in [0.29, 0.717) is 5.92 Å². The van der Waals surface area contributed by atoms with Gasteiger partial charge in [0.2, 0.25) is 0 Å². The molecule has 1 aromatic carbocycles. The van der Waals surface area contributed by atoms with Crippen molar-refractivity contribution in [3.05, 3.63) is 35.4 Å². The molecule has 2 unspecified atom stereocenters. The Kier molecular flexibility index (Phi) is 7.81. The molecule has 0 amide bonds. The maximum Gasteiger partial charge on any atom is 0.00203 e. The van der Waals surface area contributed by atoms with E-state index in [-0.39, 0.29) is 0 Å². The molecule has 1 nitrogen and oxygen atoms in total. The van der Waals surface area contributed by atoms with Crippen LogP contribution < -0.4 is 5.32 Å². The second-order valence-electron chi connectivity index (χ2n) is 5.89. The maximum atomic E-state index is 3.61. The zero-order valence-electron chi connectivity index (χ0n) is 13.2. The van der Waals surface area contributed by atoms with Crippen molar-refractivity contribution in [1.29, 1.82) is 0 Å². The SMILES string of the molecule is CCCNCC(CC(C)CCC)c1ccccc1C. The lowest BCUT2D eigenvalue weighted by Crippen LogP contribution is -2.24. The predicted octanol–water partition coefficient (Wildman–Crippen LogP) is 4.90. The molecule has 0 fully saturated rings. The first kappa shape index (κ1) is 16.2. The van der Waals surface area contributed by atoms with Crippen LogP contribution in [0.1, 0.15) is 63.5 Å². The van der Waals surface area contributed by atoms with Crippen molar-refractivity contribution in [2.24, 2.45) is 5.92 Å². The van der Waals surface area contributed by atoms with Gasteiger partial charge in [-0.3, -0.25) is 0 Å². The molecular weight excluding hydrogens is 230 g/mol. The van der Waals surface area contributed by atoms with Gasteiger partial charge in [-0.2, -0.15) is 0 Å². The van der Waals surface area contributed by atoms with Crippen LogP contribution in [0.25, 0.3) is 0 Å². The first-order valence-electron chi connectivity index (χ1n) is 7.95. The van der Waals surface area contributed by atoms with Gasteiger partial charge in [-0.05, 0) is 49.3 Å². The van der Waals surface area contributed by atoms with Crippen LogP contribution in [0.5, 0.6) is 0 Å². The molecule has 0 radical (unpaired) electrons. The Balaban J connectivity index is 2.71. The molecule has 108 valence electrons. The minimum Gasteiger partial charge on any atom is -0.316 e. The third kappa shape index (κ3) is 5.78. The van der Waals surface area contributed by atoms with Gasteiger partial charge in [-0.1, -0.05) is 57.9 Å². The quantitative estimate of drug-likeness (QED) is 0.623. The van der Waals surface area contributed by atoms with Crippen LogP contribution in [0.3, 0.4) is 0 Å². The van der Waals surface area contributed by atoms with Gasteiger partial charge < -0.3 is 5.32 Å². The highest BCUT2D eigenvalue weighted by atomic mass is 14.8. The summed E-state index contributed by atoms with van der Waals surface area (Å²) in [5.41, 5.74) is 2.98. The number of hydrogen-bond donors (Lipinski definition) is 1. The molecule has 0 heterocycles. The Morgan fingerprint density at radius 3 is 2.47 bits per heavy atom. The summed E-state index contributed by atoms with van der Waals surface area (Å²) in [6, 6.07) is 8.88. The first-order chi connectivity index (χ1) is 9.19. The van der Waals surface area contributed by atoms with E-state index < -0.39 is 0 Å². The molecule has 1 aromatic rings. The summed E-state index contributed by atoms with van der Waals surface area (Å²) in [5.74, 6) is 1.48. The van der Waals surface area contributed by atoms with E-state index in [4.69, 9.17) is 0 Å². The van der Waals surface area contributed by atoms with Crippen molar-refractivity contribution < 1.29 is 0 Å². The molecule has 0 bridgehead atoms. The Hall–Kier alpha value is -0.820. The first-order valence-corrected chi connectivity index (χ1v) is 7.95. The Labute approximate surface area is 119 Å². The van der Waals surface area contributed by atoms with E-state index >= 15 is 0 Å². The minimum atomic E-state index is 0.661. The highest BCUT2D eigenvalue weighted by Crippen LogP contribution is 2.27. The van der Waals surface area contributed by atoms with Gasteiger partial charge in [0.1, 0.15) is 0 Å². The summed E-state index contributed by atoms with van der Waals surface area (Å²) in [7, 11) is 0. The number of aryl methyl sites for hydroxylation is 1. The largest absolute Gasteiger partial charge is 0.316 e. The number of rotatable bonds is 9. The minimum absolute atomic E-state index is 0.661. The van der Waals surface area contributed by atoms with Crippen LogP contribution >= 0.6 is 0 Å². The molecule has 2 atom stereocenters. The van der Waals surface area contributed by atoms with Crippen molar-refractivity contribution >= 4 is 0 Å². The summed E-state index contributed by atoms with van der Waals surface area (Å²) in [4.78, 5) is 0. The fourth-order valence-corrected chi connectivity index (χ4v) is 2.91. The standard InChI is InChI=1S/C18H31N/c1-5-9-15(3)13-17(14-19-12-6-2)18-11-8-7-10-16(18)4/h7-8,10-11,15,17,19H,5-6,9,12-14H2,1-4H3. The van der Waals surface area contributed by atoms with Crippen LogP contribution in [-0.2, 0) is 0 Å². The third-order valence-corrected chi connectivity index (χ3v) is 3.91. The lowest BCUT2D eigenvalue weighted by atomic mass is 9.85. The van der Waals surface area contributed by atoms with E-state index in [2.05, 4.69) is 57.3 Å². The number of hydrogen-bond acceptors (Lipinski definition) is 1. The van der Waals surface area contributed by atoms with Crippen LogP contribution in [0.15, 0.2) is 24.3 Å². The van der Waals surface area contributed by atoms with Crippen LogP contribution in [0.2, 0.25) is 0 Å². The predicted molar refractivity (Wildman–Crippen MR) is 85.8 cm³/mol. The van der Waals surface area contributed by atoms with Crippen LogP contribution in [0, 0.1) is 12.8 Å². The van der Waals surface area contributed by atoms with Gasteiger partial charge in [0.15, 0.2) is 0 Å². The topological polar surface area (TPSA) is 12.0 Å². The molecule has 1 heteroatoms. The van der Waals surface area contributed by atoms with E-state index in [1.54, 1.807) is 0 Å². The van der Waals surface area contributed by atoms with E-state index in [1.807, 2.05) is 0 Å². The molecule has 0 saturated heterocycles. The van der Waals surface area contributed by atoms with E-state index in [1.165, 1.54) is 36.8 Å². The molecule has 19 heavy (non-hydrogen) atoms. The second kappa shape index (κ2) is 9.14. The summed E-state index contributed by atoms with van der Waals surface area (Å²) >= 11 is 0. The lowest BCUT2D eigenvalue weighted by molar-refractivity contribution is 0.419. The second-order valence-corrected chi connectivity index (χ2v) is 5.89. The lowest BCUT2D eigenvalue weighted by Gasteiger charge is -2.23. The molecular formula is C18H31N. The molecule has 0 spiro atoms. The Morgan fingerprint density at radius 1 is 1.11 bits per heavy atom. The van der Waals surface area contributed by atoms with Gasteiger partial charge in [0.25, 0.3) is 0 Å². The number of benzene rings is 1. The smallest absolute Gasteiger partial charge is 0.00203 e. The van der Waals surface area contributed by atoms with Crippen molar-refractivity contribution in [3.63, 3.8) is 0 Å². The summed E-state index contributed by atoms with van der Waals surface area (Å²) in [5, 5.41) is 3.61. The monoisotopic (exact) mass is 261 g/mol. The Bertz CT molecular complexity index is 345. The van der Waals surface area contributed by atoms with E-state index in [9.17, 15) is 0 Å². The fourth-order valence-electron chi connectivity index (χ4n) is 2.91. The molecule has 0 aliphatic rings. The molecule has 1 rings (SSSR count). The third-order valence-electron chi connectivity index (χ3n) is 3.91. The van der Waals surface area contributed by atoms with Gasteiger partial charge in [0, 0.05) is 6.54 Å². The Morgan fingerprint density at radius 2 is 1.84 bits per heavy atom. The maximum absolute atomic E-state index is 3.61. The zero-order valence-corrected chi connectivity index (χ0v) is 13.2. The highest BCUT2D eigenvalue weighted by Gasteiger charge is 2.16. The van der Waals surface area contributed by atoms with Crippen LogP contribution in [-0.4, -0.2) is 13.1 Å². The zero-order chi connectivity index (χ0) is 14.1. The summed E-state index contributed by atoms with van der Waals surface area (Å²) in [6.45, 7) is 11.4. The normalized spacial score (nSPS) is 14.3. The average Bonchev–Trinajstić information content (AvgIpc) is 2.39. The molecule has 0 aliphatic heterocycles. The van der Waals surface area contributed by atoms with Crippen molar-refractivity contribution in [2.75, 3.05) is 13.1 Å². The van der Waals surface area contributed by atoms with Crippen LogP contribution in [0.4, 0.5) is 0 Å². The van der Waals surface area contributed by atoms with Gasteiger partial charge in [-0.15, -0.1) is 0 Å². The van der Waals surface area contributed by atoms with Crippen molar-refractivity contribution in [1.82, 2.24) is 5.32 Å². The fraction of sp³-hybridized carbons (Fsp3) is 0.667. The molecule has 0 aliphatic carbocycles. The molecule has 0 aromatic heterocycles. The molecule has 1 N–H and O–H groups in total. The van der Waals surface area contributed by atoms with Crippen molar-refractivity contribution in [2.45, 2.75) is 59.3 Å². The van der Waals surface area contributed by atoms with Gasteiger partial charge >= 0.3 is 0 Å². The average molecular weight is 261 g/mol. The summed E-state index contributed by atoms with van der Waals surface area (Å²) < 4.78 is 0. The van der Waals surface area contributed by atoms with E-state index in [0.717, 1.165) is 19.0 Å². The van der Waals surface area contributed by atoms with Gasteiger partial charge in [0.05, 0.1) is 0 Å². The van der Waals surface area contributed by atoms with Crippen molar-refractivity contribution in [3.8, 4) is 0 Å². The highest BCUT2D eigenvalue weighted by molar-refractivity contribution is 5.29. The number of nitrogens with one attached hydrogen (secondary N) is 1. The summed E-state index contributed by atoms with van der Waals surface area (Å²) in [6.07, 6.45) is 5.15. The van der Waals surface area contributed by atoms with Gasteiger partial charge in [-0.25, -0.2) is 0 Å².